The van der Waals surface area contributed by atoms with E-state index < -0.39 is 0 Å². The van der Waals surface area contributed by atoms with Crippen LogP contribution in [0.2, 0.25) is 0 Å². The molecule has 2 aromatic heterocycles. The number of esters is 1. The highest BCUT2D eigenvalue weighted by Crippen LogP contribution is 2.14. The van der Waals surface area contributed by atoms with Gasteiger partial charge in [-0.05, 0) is 31.9 Å². The third-order valence-corrected chi connectivity index (χ3v) is 2.52. The minimum absolute atomic E-state index is 0.144. The van der Waals surface area contributed by atoms with Crippen LogP contribution in [-0.4, -0.2) is 27.8 Å². The second-order valence-electron chi connectivity index (χ2n) is 3.74. The third kappa shape index (κ3) is 4.35. The molecule has 104 valence electrons. The molecule has 0 aliphatic carbocycles. The molecule has 0 saturated carbocycles. The molecule has 0 amide bonds. The van der Waals surface area contributed by atoms with Crippen LogP contribution in [0.15, 0.2) is 18.3 Å². The summed E-state index contributed by atoms with van der Waals surface area (Å²) in [5, 5.41) is 8.08. The molecule has 0 spiro atoms. The molecule has 5 nitrogen and oxygen atoms in total. The zero-order chi connectivity index (χ0) is 14.1. The van der Waals surface area contributed by atoms with Crippen LogP contribution in [0, 0.1) is 0 Å². The number of aryl methyl sites for hydroxylation is 1. The van der Waals surface area contributed by atoms with Gasteiger partial charge in [0.15, 0.2) is 5.65 Å². The quantitative estimate of drug-likeness (QED) is 0.842. The standard InChI is InChI=1S/C12H15N3O2.C2H6/c1-2-17-11(16)7-3-6-10-9-5-4-8-13-12(9)15-14-10;1-2/h4-5,8H,2-3,6-7H2,1H3,(H,13,14,15);1-2H3. The number of rotatable bonds is 5. The van der Waals surface area contributed by atoms with Crippen molar-refractivity contribution >= 4 is 17.0 Å². The van der Waals surface area contributed by atoms with Crippen LogP contribution in [0.3, 0.4) is 0 Å². The molecule has 2 heterocycles. The summed E-state index contributed by atoms with van der Waals surface area (Å²) in [6, 6.07) is 3.86. The van der Waals surface area contributed by atoms with Gasteiger partial charge >= 0.3 is 5.97 Å². The van der Waals surface area contributed by atoms with Crippen LogP contribution < -0.4 is 0 Å². The van der Waals surface area contributed by atoms with Crippen molar-refractivity contribution in [2.75, 3.05) is 6.61 Å². The Hall–Kier alpha value is -1.91. The second kappa shape index (κ2) is 8.24. The zero-order valence-electron chi connectivity index (χ0n) is 11.8. The van der Waals surface area contributed by atoms with Gasteiger partial charge < -0.3 is 4.74 Å². The van der Waals surface area contributed by atoms with Crippen LogP contribution in [0.4, 0.5) is 0 Å². The van der Waals surface area contributed by atoms with Crippen molar-refractivity contribution in [1.29, 1.82) is 0 Å². The van der Waals surface area contributed by atoms with Crippen molar-refractivity contribution in [2.45, 2.75) is 40.0 Å². The number of hydrogen-bond acceptors (Lipinski definition) is 4. The van der Waals surface area contributed by atoms with Crippen LogP contribution in [0.25, 0.3) is 11.0 Å². The maximum absolute atomic E-state index is 11.2. The van der Waals surface area contributed by atoms with Crippen LogP contribution in [-0.2, 0) is 16.0 Å². The summed E-state index contributed by atoms with van der Waals surface area (Å²) in [5.41, 5.74) is 1.75. The van der Waals surface area contributed by atoms with E-state index >= 15 is 0 Å². The van der Waals surface area contributed by atoms with E-state index in [0.29, 0.717) is 13.0 Å². The minimum Gasteiger partial charge on any atom is -0.466 e. The van der Waals surface area contributed by atoms with Crippen LogP contribution >= 0.6 is 0 Å². The first-order chi connectivity index (χ1) is 9.31. The SMILES string of the molecule is CC.CCOC(=O)CCCc1[nH]nc2ncccc12. The normalized spacial score (nSPS) is 9.84. The van der Waals surface area contributed by atoms with Gasteiger partial charge in [0.25, 0.3) is 0 Å². The van der Waals surface area contributed by atoms with Gasteiger partial charge in [-0.1, -0.05) is 13.8 Å². The van der Waals surface area contributed by atoms with Gasteiger partial charge in [0.2, 0.25) is 0 Å². The largest absolute Gasteiger partial charge is 0.466 e. The van der Waals surface area contributed by atoms with E-state index in [-0.39, 0.29) is 5.97 Å². The van der Waals surface area contributed by atoms with E-state index in [2.05, 4.69) is 15.2 Å². The predicted octanol–water partition coefficient (Wildman–Crippen LogP) is 2.87. The number of carbonyl (C=O) groups is 1. The van der Waals surface area contributed by atoms with Crippen molar-refractivity contribution in [1.82, 2.24) is 15.2 Å². The number of nitrogens with zero attached hydrogens (tertiary/aromatic N) is 2. The first kappa shape index (κ1) is 15.1. The molecular formula is C14H21N3O2. The molecule has 0 aromatic carbocycles. The Morgan fingerprint density at radius 3 is 2.95 bits per heavy atom. The van der Waals surface area contributed by atoms with Gasteiger partial charge in [0, 0.05) is 23.7 Å². The van der Waals surface area contributed by atoms with Crippen LogP contribution in [0.1, 0.15) is 39.3 Å². The smallest absolute Gasteiger partial charge is 0.305 e. The molecule has 5 heteroatoms. The fraction of sp³-hybridized carbons (Fsp3) is 0.500. The highest BCUT2D eigenvalue weighted by atomic mass is 16.5. The summed E-state index contributed by atoms with van der Waals surface area (Å²) >= 11 is 0. The highest BCUT2D eigenvalue weighted by molar-refractivity contribution is 5.77. The van der Waals surface area contributed by atoms with E-state index in [0.717, 1.165) is 29.6 Å². The number of aromatic amines is 1. The Balaban J connectivity index is 0.000000861. The monoisotopic (exact) mass is 263 g/mol. The number of aromatic nitrogens is 3. The van der Waals surface area contributed by atoms with Crippen molar-refractivity contribution in [3.63, 3.8) is 0 Å². The van der Waals surface area contributed by atoms with Gasteiger partial charge in [-0.2, -0.15) is 5.10 Å². The number of H-pyrrole nitrogens is 1. The summed E-state index contributed by atoms with van der Waals surface area (Å²) in [4.78, 5) is 15.3. The van der Waals surface area contributed by atoms with E-state index in [1.54, 1.807) is 6.20 Å². The maximum Gasteiger partial charge on any atom is 0.305 e. The molecule has 0 atom stereocenters. The number of nitrogens with one attached hydrogen (secondary N) is 1. The molecule has 2 aromatic rings. The van der Waals surface area contributed by atoms with Gasteiger partial charge in [0.05, 0.1) is 6.61 Å². The molecule has 1 N–H and O–H groups in total. The Morgan fingerprint density at radius 2 is 2.21 bits per heavy atom. The van der Waals surface area contributed by atoms with Gasteiger partial charge in [-0.25, -0.2) is 4.98 Å². The summed E-state index contributed by atoms with van der Waals surface area (Å²) in [6.45, 7) is 6.25. The molecule has 0 bridgehead atoms. The Kier molecular flexibility index (Phi) is 6.57. The molecule has 0 saturated heterocycles. The lowest BCUT2D eigenvalue weighted by Gasteiger charge is -2.00. The molecule has 0 unspecified atom stereocenters. The average Bonchev–Trinajstić information content (AvgIpc) is 2.85. The second-order valence-corrected chi connectivity index (χ2v) is 3.74. The topological polar surface area (TPSA) is 67.9 Å². The Bertz CT molecular complexity index is 508. The molecule has 2 rings (SSSR count). The fourth-order valence-corrected chi connectivity index (χ4v) is 1.74. The Labute approximate surface area is 113 Å². The molecule has 0 fully saturated rings. The number of hydrogen-bond donors (Lipinski definition) is 1. The van der Waals surface area contributed by atoms with Gasteiger partial charge in [-0.3, -0.25) is 9.89 Å². The lowest BCUT2D eigenvalue weighted by Crippen LogP contribution is -2.04. The van der Waals surface area contributed by atoms with Crippen molar-refractivity contribution in [2.24, 2.45) is 0 Å². The lowest BCUT2D eigenvalue weighted by atomic mass is 10.1. The Morgan fingerprint density at radius 1 is 1.42 bits per heavy atom. The summed E-state index contributed by atoms with van der Waals surface area (Å²) in [5.74, 6) is -0.144. The van der Waals surface area contributed by atoms with Crippen molar-refractivity contribution in [3.05, 3.63) is 24.0 Å². The average molecular weight is 263 g/mol. The summed E-state index contributed by atoms with van der Waals surface area (Å²) in [7, 11) is 0. The van der Waals surface area contributed by atoms with Crippen molar-refractivity contribution < 1.29 is 9.53 Å². The molecule has 0 aliphatic heterocycles. The van der Waals surface area contributed by atoms with Gasteiger partial charge in [0.1, 0.15) is 0 Å². The lowest BCUT2D eigenvalue weighted by molar-refractivity contribution is -0.143. The third-order valence-electron chi connectivity index (χ3n) is 2.52. The van der Waals surface area contributed by atoms with E-state index in [4.69, 9.17) is 4.74 Å². The zero-order valence-corrected chi connectivity index (χ0v) is 11.8. The molecular weight excluding hydrogens is 242 g/mol. The summed E-state index contributed by atoms with van der Waals surface area (Å²) < 4.78 is 4.87. The van der Waals surface area contributed by atoms with E-state index in [9.17, 15) is 4.79 Å². The molecule has 0 aliphatic rings. The maximum atomic E-state index is 11.2. The van der Waals surface area contributed by atoms with Crippen molar-refractivity contribution in [3.8, 4) is 0 Å². The summed E-state index contributed by atoms with van der Waals surface area (Å²) in [6.07, 6.45) is 3.69. The minimum atomic E-state index is -0.144. The highest BCUT2D eigenvalue weighted by Gasteiger charge is 2.07. The van der Waals surface area contributed by atoms with E-state index in [1.807, 2.05) is 32.9 Å². The predicted molar refractivity (Wildman–Crippen MR) is 74.8 cm³/mol. The number of pyridine rings is 1. The van der Waals surface area contributed by atoms with Gasteiger partial charge in [-0.15, -0.1) is 0 Å². The number of ether oxygens (including phenoxy) is 1. The molecule has 0 radical (unpaired) electrons. The fourth-order valence-electron chi connectivity index (χ4n) is 1.74. The van der Waals surface area contributed by atoms with E-state index in [1.165, 1.54) is 0 Å². The molecule has 19 heavy (non-hydrogen) atoms. The first-order valence-electron chi connectivity index (χ1n) is 6.75. The first-order valence-corrected chi connectivity index (χ1v) is 6.75. The van der Waals surface area contributed by atoms with Crippen LogP contribution in [0.5, 0.6) is 0 Å². The number of fused-ring (bicyclic) bond motifs is 1. The number of carbonyl (C=O) groups excluding carboxylic acids is 1.